The van der Waals surface area contributed by atoms with Crippen molar-refractivity contribution in [3.05, 3.63) is 12.2 Å². The van der Waals surface area contributed by atoms with Gasteiger partial charge in [0.25, 0.3) is 0 Å². The van der Waals surface area contributed by atoms with E-state index >= 15 is 0 Å². The quantitative estimate of drug-likeness (QED) is 0.390. The van der Waals surface area contributed by atoms with Crippen LogP contribution in [0.4, 0.5) is 0 Å². The van der Waals surface area contributed by atoms with E-state index < -0.39 is 43.3 Å². The normalized spacial score (nSPS) is 28.1. The van der Waals surface area contributed by atoms with Gasteiger partial charge >= 0.3 is 11.9 Å². The summed E-state index contributed by atoms with van der Waals surface area (Å²) < 4.78 is 17.4. The molecule has 0 N–H and O–H groups in total. The number of esters is 2. The maximum absolute atomic E-state index is 12.7. The zero-order valence-electron chi connectivity index (χ0n) is 18.4. The molecular formula is C21H34O6Si. The number of ketones is 1. The molecule has 1 saturated heterocycles. The van der Waals surface area contributed by atoms with E-state index in [0.29, 0.717) is 13.0 Å². The van der Waals surface area contributed by atoms with Gasteiger partial charge in [0.05, 0.1) is 0 Å². The first-order valence-electron chi connectivity index (χ1n) is 9.90. The first kappa shape index (κ1) is 22.8. The van der Waals surface area contributed by atoms with E-state index in [0.717, 1.165) is 0 Å². The number of carbonyl (C=O) groups excluding carboxylic acids is 3. The predicted molar refractivity (Wildman–Crippen MR) is 108 cm³/mol. The molecule has 0 bridgehead atoms. The molecule has 1 aliphatic carbocycles. The Hall–Kier alpha value is -1.47. The van der Waals surface area contributed by atoms with Gasteiger partial charge in [0.15, 0.2) is 20.0 Å². The van der Waals surface area contributed by atoms with E-state index in [9.17, 15) is 14.4 Å². The molecule has 0 spiro atoms. The molecule has 0 aromatic heterocycles. The van der Waals surface area contributed by atoms with E-state index in [1.54, 1.807) is 26.8 Å². The van der Waals surface area contributed by atoms with Crippen LogP contribution in [0.5, 0.6) is 0 Å². The summed E-state index contributed by atoms with van der Waals surface area (Å²) in [5.41, 5.74) is -1.71. The fourth-order valence-electron chi connectivity index (χ4n) is 3.37. The highest BCUT2D eigenvalue weighted by atomic mass is 28.4. The van der Waals surface area contributed by atoms with Gasteiger partial charge < -0.3 is 13.9 Å². The van der Waals surface area contributed by atoms with Gasteiger partial charge in [-0.1, -0.05) is 20.8 Å². The smallest absolute Gasteiger partial charge is 0.321 e. The molecule has 0 amide bonds. The summed E-state index contributed by atoms with van der Waals surface area (Å²) in [6.07, 6.45) is 3.60. The minimum Gasteiger partial charge on any atom is -0.459 e. The van der Waals surface area contributed by atoms with Crippen molar-refractivity contribution >= 4 is 26.0 Å². The second-order valence-corrected chi connectivity index (χ2v) is 15.2. The van der Waals surface area contributed by atoms with Crippen LogP contribution in [0.1, 0.15) is 54.4 Å². The van der Waals surface area contributed by atoms with Crippen LogP contribution in [-0.4, -0.2) is 43.8 Å². The molecule has 158 valence electrons. The second kappa shape index (κ2) is 7.41. The highest BCUT2D eigenvalue weighted by Crippen LogP contribution is 2.46. The third kappa shape index (κ3) is 4.74. The Balaban J connectivity index is 2.21. The monoisotopic (exact) mass is 410 g/mol. The van der Waals surface area contributed by atoms with Crippen LogP contribution in [0.2, 0.25) is 18.1 Å². The third-order valence-electron chi connectivity index (χ3n) is 5.97. The minimum atomic E-state index is -1.96. The summed E-state index contributed by atoms with van der Waals surface area (Å²) in [5.74, 6) is -3.00. The van der Waals surface area contributed by atoms with E-state index in [1.807, 2.05) is 0 Å². The van der Waals surface area contributed by atoms with Crippen LogP contribution in [-0.2, 0) is 28.3 Å². The molecule has 3 atom stereocenters. The van der Waals surface area contributed by atoms with Crippen molar-refractivity contribution in [1.82, 2.24) is 0 Å². The standard InChI is InChI=1S/C21H34O6Si/c1-19(2,3)26-17(23)16-15-13-14(22)9-10-21(15,27-18(16)24)11-12-25-28(7,8)20(4,5)6/h9-10,15-16H,11-13H2,1-8H3/t15-,16+,21+/m1/s1. The number of ether oxygens (including phenoxy) is 2. The Morgan fingerprint density at radius 1 is 1.21 bits per heavy atom. The zero-order chi connectivity index (χ0) is 21.5. The van der Waals surface area contributed by atoms with Gasteiger partial charge in [-0.3, -0.25) is 14.4 Å². The second-order valence-electron chi connectivity index (χ2n) is 10.4. The molecule has 0 saturated carbocycles. The lowest BCUT2D eigenvalue weighted by Gasteiger charge is -2.38. The minimum absolute atomic E-state index is 0.0633. The van der Waals surface area contributed by atoms with E-state index in [4.69, 9.17) is 13.9 Å². The van der Waals surface area contributed by atoms with Gasteiger partial charge in [-0.2, -0.15) is 0 Å². The zero-order valence-corrected chi connectivity index (χ0v) is 19.4. The van der Waals surface area contributed by atoms with E-state index in [1.165, 1.54) is 6.08 Å². The molecule has 0 aromatic carbocycles. The van der Waals surface area contributed by atoms with Crippen molar-refractivity contribution in [3.8, 4) is 0 Å². The van der Waals surface area contributed by atoms with Crippen LogP contribution in [0.15, 0.2) is 12.2 Å². The summed E-state index contributed by atoms with van der Waals surface area (Å²) in [6, 6.07) is 0. The van der Waals surface area contributed by atoms with Gasteiger partial charge in [-0.05, 0) is 51.1 Å². The summed E-state index contributed by atoms with van der Waals surface area (Å²) in [6.45, 7) is 16.4. The topological polar surface area (TPSA) is 78.9 Å². The van der Waals surface area contributed by atoms with E-state index in [2.05, 4.69) is 33.9 Å². The Kier molecular flexibility index (Phi) is 6.04. The van der Waals surface area contributed by atoms with Crippen LogP contribution >= 0.6 is 0 Å². The summed E-state index contributed by atoms with van der Waals surface area (Å²) in [4.78, 5) is 37.3. The van der Waals surface area contributed by atoms with Crippen molar-refractivity contribution in [2.45, 2.75) is 83.7 Å². The first-order valence-corrected chi connectivity index (χ1v) is 12.8. The summed E-state index contributed by atoms with van der Waals surface area (Å²) in [5, 5.41) is 0.0633. The Morgan fingerprint density at radius 3 is 2.36 bits per heavy atom. The lowest BCUT2D eigenvalue weighted by atomic mass is 9.73. The molecule has 6 nitrogen and oxygen atoms in total. The summed E-state index contributed by atoms with van der Waals surface area (Å²) >= 11 is 0. The number of hydrogen-bond donors (Lipinski definition) is 0. The van der Waals surface area contributed by atoms with Crippen molar-refractivity contribution < 1.29 is 28.3 Å². The highest BCUT2D eigenvalue weighted by Gasteiger charge is 2.59. The fourth-order valence-corrected chi connectivity index (χ4v) is 4.41. The van der Waals surface area contributed by atoms with E-state index in [-0.39, 0.29) is 17.2 Å². The largest absolute Gasteiger partial charge is 0.459 e. The van der Waals surface area contributed by atoms with Gasteiger partial charge in [0, 0.05) is 25.4 Å². The Labute approximate surface area is 169 Å². The van der Waals surface area contributed by atoms with Crippen LogP contribution in [0.25, 0.3) is 0 Å². The number of hydrogen-bond acceptors (Lipinski definition) is 6. The molecule has 2 aliphatic rings. The van der Waals surface area contributed by atoms with Crippen molar-refractivity contribution in [1.29, 1.82) is 0 Å². The van der Waals surface area contributed by atoms with Gasteiger partial charge in [0.1, 0.15) is 11.2 Å². The maximum atomic E-state index is 12.7. The van der Waals surface area contributed by atoms with Crippen LogP contribution in [0.3, 0.4) is 0 Å². The van der Waals surface area contributed by atoms with Gasteiger partial charge in [-0.25, -0.2) is 0 Å². The lowest BCUT2D eigenvalue weighted by Crippen LogP contribution is -2.45. The molecule has 1 fully saturated rings. The average Bonchev–Trinajstić information content (AvgIpc) is 2.76. The molecule has 2 rings (SSSR count). The first-order chi connectivity index (χ1) is 12.6. The fraction of sp³-hybridized carbons (Fsp3) is 0.762. The Bertz CT molecular complexity index is 682. The molecule has 0 aromatic rings. The molecule has 1 aliphatic heterocycles. The molecule has 7 heteroatoms. The van der Waals surface area contributed by atoms with Crippen molar-refractivity contribution in [2.24, 2.45) is 11.8 Å². The third-order valence-corrected chi connectivity index (χ3v) is 10.5. The van der Waals surface area contributed by atoms with Gasteiger partial charge in [0.2, 0.25) is 0 Å². The number of fused-ring (bicyclic) bond motifs is 1. The molecular weight excluding hydrogens is 376 g/mol. The SMILES string of the molecule is CC(C)(C)OC(=O)[C@H]1C(=O)O[C@]2(CCO[Si](C)(C)C(C)(C)C)C=CC(=O)C[C@H]12. The number of allylic oxidation sites excluding steroid dienone is 1. The van der Waals surface area contributed by atoms with Crippen LogP contribution in [0, 0.1) is 11.8 Å². The predicted octanol–water partition coefficient (Wildman–Crippen LogP) is 3.80. The van der Waals surface area contributed by atoms with Crippen molar-refractivity contribution in [3.63, 3.8) is 0 Å². The maximum Gasteiger partial charge on any atom is 0.321 e. The molecule has 0 unspecified atom stereocenters. The molecule has 0 radical (unpaired) electrons. The molecule has 28 heavy (non-hydrogen) atoms. The van der Waals surface area contributed by atoms with Crippen molar-refractivity contribution in [2.75, 3.05) is 6.61 Å². The highest BCUT2D eigenvalue weighted by molar-refractivity contribution is 6.74. The Morgan fingerprint density at radius 2 is 1.82 bits per heavy atom. The van der Waals surface area contributed by atoms with Gasteiger partial charge in [-0.15, -0.1) is 0 Å². The summed E-state index contributed by atoms with van der Waals surface area (Å²) in [7, 11) is -1.96. The van der Waals surface area contributed by atoms with Crippen LogP contribution < -0.4 is 0 Å². The average molecular weight is 411 g/mol. The lowest BCUT2D eigenvalue weighted by molar-refractivity contribution is -0.165. The number of carbonyl (C=O) groups is 3. The number of rotatable bonds is 5. The molecule has 1 heterocycles.